The molecular weight excluding hydrogens is 392 g/mol. The van der Waals surface area contributed by atoms with Gasteiger partial charge in [-0.2, -0.15) is 0 Å². The fourth-order valence-electron chi connectivity index (χ4n) is 3.60. The summed E-state index contributed by atoms with van der Waals surface area (Å²) in [6.07, 6.45) is 1.16. The largest absolute Gasteiger partial charge is 0.300 e. The number of nitrogens with one attached hydrogen (secondary N) is 1. The number of benzene rings is 2. The van der Waals surface area contributed by atoms with E-state index in [1.54, 1.807) is 12.1 Å². The van der Waals surface area contributed by atoms with E-state index in [0.717, 1.165) is 25.1 Å². The van der Waals surface area contributed by atoms with Gasteiger partial charge < -0.3 is 4.90 Å². The van der Waals surface area contributed by atoms with E-state index in [-0.39, 0.29) is 12.4 Å². The van der Waals surface area contributed by atoms with Gasteiger partial charge in [-0.25, -0.2) is 8.42 Å². The van der Waals surface area contributed by atoms with Crippen molar-refractivity contribution in [3.63, 3.8) is 0 Å². The van der Waals surface area contributed by atoms with Gasteiger partial charge in [0.15, 0.2) is 0 Å². The summed E-state index contributed by atoms with van der Waals surface area (Å²) in [6.45, 7) is 10.8. The molecule has 2 aromatic rings. The molecule has 2 aromatic carbocycles. The average molecular weight is 423 g/mol. The molecule has 0 radical (unpaired) electrons. The van der Waals surface area contributed by atoms with Crippen molar-refractivity contribution in [2.45, 2.75) is 56.9 Å². The van der Waals surface area contributed by atoms with Crippen LogP contribution in [0.3, 0.4) is 0 Å². The zero-order valence-electron chi connectivity index (χ0n) is 17.1. The van der Waals surface area contributed by atoms with E-state index in [4.69, 9.17) is 0 Å². The molecule has 3 rings (SSSR count). The van der Waals surface area contributed by atoms with Gasteiger partial charge >= 0.3 is 0 Å². The molecule has 28 heavy (non-hydrogen) atoms. The topological polar surface area (TPSA) is 49.4 Å². The molecule has 0 spiro atoms. The highest BCUT2D eigenvalue weighted by molar-refractivity contribution is 7.92. The minimum Gasteiger partial charge on any atom is -0.300 e. The van der Waals surface area contributed by atoms with Crippen LogP contribution >= 0.6 is 12.4 Å². The Kier molecular flexibility index (Phi) is 7.54. The molecule has 1 fully saturated rings. The van der Waals surface area contributed by atoms with Gasteiger partial charge in [0.25, 0.3) is 10.0 Å². The lowest BCUT2D eigenvalue weighted by molar-refractivity contribution is 0.272. The van der Waals surface area contributed by atoms with Crippen molar-refractivity contribution < 1.29 is 8.42 Å². The van der Waals surface area contributed by atoms with E-state index in [9.17, 15) is 8.42 Å². The van der Waals surface area contributed by atoms with E-state index < -0.39 is 10.0 Å². The van der Waals surface area contributed by atoms with Gasteiger partial charge in [0, 0.05) is 18.3 Å². The fraction of sp³-hybridized carbons (Fsp3) is 0.455. The minimum absolute atomic E-state index is 0. The highest BCUT2D eigenvalue weighted by Gasteiger charge is 2.25. The van der Waals surface area contributed by atoms with E-state index in [0.29, 0.717) is 28.5 Å². The predicted molar refractivity (Wildman–Crippen MR) is 119 cm³/mol. The van der Waals surface area contributed by atoms with Gasteiger partial charge in [-0.3, -0.25) is 4.72 Å². The van der Waals surface area contributed by atoms with Gasteiger partial charge in [-0.1, -0.05) is 38.1 Å². The molecular formula is C22H31ClN2O2S. The smallest absolute Gasteiger partial charge is 0.261 e. The number of rotatable bonds is 6. The number of hydrogen-bond acceptors (Lipinski definition) is 3. The SMILES string of the molecule is CC(C)c1ccc(S(=O)(=O)Nc2ccc(C3CCN(C(C)C)C3)cc2)cc1.Cl. The number of halogens is 1. The zero-order valence-corrected chi connectivity index (χ0v) is 18.7. The van der Waals surface area contributed by atoms with Crippen LogP contribution in [-0.2, 0) is 10.0 Å². The van der Waals surface area contributed by atoms with Crippen molar-refractivity contribution in [3.05, 3.63) is 59.7 Å². The van der Waals surface area contributed by atoms with E-state index in [1.807, 2.05) is 36.4 Å². The van der Waals surface area contributed by atoms with Gasteiger partial charge in [-0.05, 0) is 74.0 Å². The number of hydrogen-bond donors (Lipinski definition) is 1. The first-order valence-electron chi connectivity index (χ1n) is 9.73. The van der Waals surface area contributed by atoms with Crippen LogP contribution in [0.15, 0.2) is 53.4 Å². The summed E-state index contributed by atoms with van der Waals surface area (Å²) in [5.41, 5.74) is 3.01. The lowest BCUT2D eigenvalue weighted by Crippen LogP contribution is -2.27. The van der Waals surface area contributed by atoms with E-state index in [2.05, 4.69) is 37.3 Å². The monoisotopic (exact) mass is 422 g/mol. The zero-order chi connectivity index (χ0) is 19.6. The van der Waals surface area contributed by atoms with Crippen LogP contribution < -0.4 is 4.72 Å². The number of likely N-dealkylation sites (tertiary alicyclic amines) is 1. The molecule has 1 heterocycles. The Morgan fingerprint density at radius 2 is 1.57 bits per heavy atom. The molecule has 6 heteroatoms. The summed E-state index contributed by atoms with van der Waals surface area (Å²) in [7, 11) is -3.57. The van der Waals surface area contributed by atoms with Gasteiger partial charge in [-0.15, -0.1) is 12.4 Å². The predicted octanol–water partition coefficient (Wildman–Crippen LogP) is 5.23. The number of sulfonamides is 1. The first kappa shape index (κ1) is 22.7. The van der Waals surface area contributed by atoms with Crippen LogP contribution in [0.2, 0.25) is 0 Å². The van der Waals surface area contributed by atoms with Crippen LogP contribution in [-0.4, -0.2) is 32.4 Å². The molecule has 0 saturated carbocycles. The summed E-state index contributed by atoms with van der Waals surface area (Å²) >= 11 is 0. The van der Waals surface area contributed by atoms with E-state index >= 15 is 0 Å². The van der Waals surface area contributed by atoms with Crippen molar-refractivity contribution >= 4 is 28.1 Å². The summed E-state index contributed by atoms with van der Waals surface area (Å²) in [6, 6.07) is 15.5. The summed E-state index contributed by atoms with van der Waals surface area (Å²) in [5.74, 6) is 0.908. The van der Waals surface area contributed by atoms with Crippen molar-refractivity contribution in [2.24, 2.45) is 0 Å². The van der Waals surface area contributed by atoms with Crippen molar-refractivity contribution in [1.82, 2.24) is 4.90 Å². The van der Waals surface area contributed by atoms with Crippen LogP contribution in [0.25, 0.3) is 0 Å². The Morgan fingerprint density at radius 3 is 2.07 bits per heavy atom. The minimum atomic E-state index is -3.57. The highest BCUT2D eigenvalue weighted by Crippen LogP contribution is 2.29. The Balaban J connectivity index is 0.00000280. The summed E-state index contributed by atoms with van der Waals surface area (Å²) < 4.78 is 27.9. The molecule has 1 saturated heterocycles. The maximum atomic E-state index is 12.6. The number of nitrogens with zero attached hydrogens (tertiary/aromatic N) is 1. The van der Waals surface area contributed by atoms with Gasteiger partial charge in [0.05, 0.1) is 4.90 Å². The second-order valence-electron chi connectivity index (χ2n) is 8.03. The molecule has 154 valence electrons. The maximum absolute atomic E-state index is 12.6. The van der Waals surface area contributed by atoms with Gasteiger partial charge in [0.2, 0.25) is 0 Å². The van der Waals surface area contributed by atoms with E-state index in [1.165, 1.54) is 5.56 Å². The van der Waals surface area contributed by atoms with Gasteiger partial charge in [0.1, 0.15) is 0 Å². The van der Waals surface area contributed by atoms with Crippen LogP contribution in [0.4, 0.5) is 5.69 Å². The third kappa shape index (κ3) is 5.28. The third-order valence-corrected chi connectivity index (χ3v) is 6.84. The fourth-order valence-corrected chi connectivity index (χ4v) is 4.66. The number of anilines is 1. The van der Waals surface area contributed by atoms with Crippen LogP contribution in [0.1, 0.15) is 57.1 Å². The molecule has 0 aromatic heterocycles. The Hall–Kier alpha value is -1.56. The first-order valence-corrected chi connectivity index (χ1v) is 11.2. The second-order valence-corrected chi connectivity index (χ2v) is 9.71. The maximum Gasteiger partial charge on any atom is 0.261 e. The molecule has 1 unspecified atom stereocenters. The van der Waals surface area contributed by atoms with Crippen molar-refractivity contribution in [1.29, 1.82) is 0 Å². The molecule has 1 atom stereocenters. The molecule has 0 bridgehead atoms. The Bertz CT molecular complexity index is 862. The molecule has 1 aliphatic rings. The van der Waals surface area contributed by atoms with Crippen LogP contribution in [0.5, 0.6) is 0 Å². The molecule has 1 N–H and O–H groups in total. The standard InChI is InChI=1S/C22H30N2O2S.ClH/c1-16(2)18-7-11-22(12-8-18)27(25,26)23-21-9-5-19(6-10-21)20-13-14-24(15-20)17(3)4;/h5-12,16-17,20,23H,13-15H2,1-4H3;1H. The van der Waals surface area contributed by atoms with Crippen LogP contribution in [0, 0.1) is 0 Å². The molecule has 0 amide bonds. The normalized spacial score (nSPS) is 17.7. The second kappa shape index (κ2) is 9.29. The molecule has 1 aliphatic heterocycles. The Labute approximate surface area is 175 Å². The summed E-state index contributed by atoms with van der Waals surface area (Å²) in [4.78, 5) is 2.78. The quantitative estimate of drug-likeness (QED) is 0.693. The third-order valence-electron chi connectivity index (χ3n) is 5.44. The lowest BCUT2D eigenvalue weighted by Gasteiger charge is -2.20. The highest BCUT2D eigenvalue weighted by atomic mass is 35.5. The average Bonchev–Trinajstić information content (AvgIpc) is 3.12. The summed E-state index contributed by atoms with van der Waals surface area (Å²) in [5, 5.41) is 0. The Morgan fingerprint density at radius 1 is 0.964 bits per heavy atom. The van der Waals surface area contributed by atoms with Crippen molar-refractivity contribution in [3.8, 4) is 0 Å². The lowest BCUT2D eigenvalue weighted by atomic mass is 9.98. The molecule has 0 aliphatic carbocycles. The van der Waals surface area contributed by atoms with Crippen molar-refractivity contribution in [2.75, 3.05) is 17.8 Å². The molecule has 4 nitrogen and oxygen atoms in total. The first-order chi connectivity index (χ1) is 12.8.